The Kier molecular flexibility index (Phi) is 2.63. The SMILES string of the molecule is C[C@H]1CC[C@H]2OC[C@@H](c3ccccc3)N2C1=O. The van der Waals surface area contributed by atoms with Gasteiger partial charge in [0.05, 0.1) is 12.6 Å². The lowest BCUT2D eigenvalue weighted by molar-refractivity contribution is -0.147. The summed E-state index contributed by atoms with van der Waals surface area (Å²) < 4.78 is 5.75. The molecular formula is C14H17NO2. The molecule has 1 amide bonds. The second kappa shape index (κ2) is 4.15. The highest BCUT2D eigenvalue weighted by molar-refractivity contribution is 5.80. The number of benzene rings is 1. The predicted molar refractivity (Wildman–Crippen MR) is 64.2 cm³/mol. The maximum atomic E-state index is 12.2. The Morgan fingerprint density at radius 2 is 2.00 bits per heavy atom. The molecule has 2 aliphatic heterocycles. The van der Waals surface area contributed by atoms with Crippen LogP contribution in [0.2, 0.25) is 0 Å². The third-order valence-corrected chi connectivity index (χ3v) is 3.80. The summed E-state index contributed by atoms with van der Waals surface area (Å²) >= 11 is 0. The van der Waals surface area contributed by atoms with Gasteiger partial charge in [0.15, 0.2) is 0 Å². The van der Waals surface area contributed by atoms with Crippen molar-refractivity contribution in [1.29, 1.82) is 0 Å². The number of ether oxygens (including phenoxy) is 1. The van der Waals surface area contributed by atoms with Crippen LogP contribution in [0.15, 0.2) is 30.3 Å². The van der Waals surface area contributed by atoms with Crippen molar-refractivity contribution >= 4 is 5.91 Å². The quantitative estimate of drug-likeness (QED) is 0.742. The highest BCUT2D eigenvalue weighted by atomic mass is 16.5. The van der Waals surface area contributed by atoms with E-state index in [1.807, 2.05) is 30.0 Å². The lowest BCUT2D eigenvalue weighted by atomic mass is 9.95. The summed E-state index contributed by atoms with van der Waals surface area (Å²) in [6.07, 6.45) is 1.92. The number of hydrogen-bond donors (Lipinski definition) is 0. The van der Waals surface area contributed by atoms with Crippen molar-refractivity contribution in [2.24, 2.45) is 5.92 Å². The van der Waals surface area contributed by atoms with Crippen molar-refractivity contribution in [1.82, 2.24) is 4.90 Å². The molecule has 0 aliphatic carbocycles. The molecule has 3 nitrogen and oxygen atoms in total. The van der Waals surface area contributed by atoms with Gasteiger partial charge < -0.3 is 9.64 Å². The molecule has 0 radical (unpaired) electrons. The Balaban J connectivity index is 1.90. The van der Waals surface area contributed by atoms with E-state index in [-0.39, 0.29) is 24.1 Å². The highest BCUT2D eigenvalue weighted by Crippen LogP contribution is 2.37. The van der Waals surface area contributed by atoms with Gasteiger partial charge >= 0.3 is 0 Å². The van der Waals surface area contributed by atoms with E-state index >= 15 is 0 Å². The predicted octanol–water partition coefficient (Wildman–Crippen LogP) is 2.34. The average Bonchev–Trinajstić information content (AvgIpc) is 2.79. The fourth-order valence-corrected chi connectivity index (χ4v) is 2.78. The molecule has 3 atom stereocenters. The van der Waals surface area contributed by atoms with Crippen LogP contribution in [-0.4, -0.2) is 23.6 Å². The van der Waals surface area contributed by atoms with E-state index in [1.54, 1.807) is 0 Å². The number of hydrogen-bond acceptors (Lipinski definition) is 2. The van der Waals surface area contributed by atoms with E-state index in [0.717, 1.165) is 12.8 Å². The molecule has 17 heavy (non-hydrogen) atoms. The minimum Gasteiger partial charge on any atom is -0.356 e. The largest absolute Gasteiger partial charge is 0.356 e. The van der Waals surface area contributed by atoms with Gasteiger partial charge in [0.2, 0.25) is 5.91 Å². The zero-order chi connectivity index (χ0) is 11.8. The van der Waals surface area contributed by atoms with Crippen LogP contribution in [0, 0.1) is 5.92 Å². The molecule has 90 valence electrons. The smallest absolute Gasteiger partial charge is 0.228 e. The minimum atomic E-state index is 0.00362. The third-order valence-electron chi connectivity index (χ3n) is 3.80. The number of rotatable bonds is 1. The molecule has 2 saturated heterocycles. The summed E-state index contributed by atoms with van der Waals surface area (Å²) in [4.78, 5) is 14.2. The fourth-order valence-electron chi connectivity index (χ4n) is 2.78. The molecule has 1 aromatic carbocycles. The second-order valence-electron chi connectivity index (χ2n) is 4.94. The van der Waals surface area contributed by atoms with Crippen LogP contribution >= 0.6 is 0 Å². The maximum Gasteiger partial charge on any atom is 0.228 e. The Morgan fingerprint density at radius 3 is 2.76 bits per heavy atom. The van der Waals surface area contributed by atoms with Crippen molar-refractivity contribution in [3.63, 3.8) is 0 Å². The van der Waals surface area contributed by atoms with E-state index in [0.29, 0.717) is 6.61 Å². The Morgan fingerprint density at radius 1 is 1.24 bits per heavy atom. The first-order chi connectivity index (χ1) is 8.27. The standard InChI is InChI=1S/C14H17NO2/c1-10-7-8-13-15(14(10)16)12(9-17-13)11-5-3-2-4-6-11/h2-6,10,12-13H,7-9H2,1H3/t10-,12-,13+/m0/s1. The molecule has 2 aliphatic rings. The van der Waals surface area contributed by atoms with E-state index in [9.17, 15) is 4.79 Å². The molecule has 2 heterocycles. The zero-order valence-electron chi connectivity index (χ0n) is 10.0. The van der Waals surface area contributed by atoms with Gasteiger partial charge in [0, 0.05) is 5.92 Å². The lowest BCUT2D eigenvalue weighted by Crippen LogP contribution is -2.45. The summed E-state index contributed by atoms with van der Waals surface area (Å²) in [7, 11) is 0. The molecule has 1 aromatic rings. The number of nitrogens with zero attached hydrogens (tertiary/aromatic N) is 1. The first-order valence-electron chi connectivity index (χ1n) is 6.26. The molecule has 0 saturated carbocycles. The molecule has 0 spiro atoms. The van der Waals surface area contributed by atoms with Gasteiger partial charge in [-0.2, -0.15) is 0 Å². The third kappa shape index (κ3) is 1.75. The van der Waals surface area contributed by atoms with Crippen LogP contribution in [-0.2, 0) is 9.53 Å². The Labute approximate surface area is 101 Å². The van der Waals surface area contributed by atoms with Crippen molar-refractivity contribution in [3.8, 4) is 0 Å². The summed E-state index contributed by atoms with van der Waals surface area (Å²) in [6, 6.07) is 10.3. The van der Waals surface area contributed by atoms with Gasteiger partial charge in [0.25, 0.3) is 0 Å². The monoisotopic (exact) mass is 231 g/mol. The molecule has 2 fully saturated rings. The number of amides is 1. The Bertz CT molecular complexity index is 417. The fraction of sp³-hybridized carbons (Fsp3) is 0.500. The molecule has 0 unspecified atom stereocenters. The van der Waals surface area contributed by atoms with E-state index in [1.165, 1.54) is 5.56 Å². The van der Waals surface area contributed by atoms with Crippen LogP contribution in [0.1, 0.15) is 31.4 Å². The van der Waals surface area contributed by atoms with Crippen LogP contribution in [0.5, 0.6) is 0 Å². The molecular weight excluding hydrogens is 214 g/mol. The minimum absolute atomic E-state index is 0.00362. The summed E-state index contributed by atoms with van der Waals surface area (Å²) in [5.74, 6) is 0.381. The number of carbonyl (C=O) groups excluding carboxylic acids is 1. The Hall–Kier alpha value is -1.35. The first kappa shape index (κ1) is 10.8. The second-order valence-corrected chi connectivity index (χ2v) is 4.94. The van der Waals surface area contributed by atoms with E-state index in [2.05, 4.69) is 12.1 Å². The molecule has 3 rings (SSSR count). The van der Waals surface area contributed by atoms with Crippen molar-refractivity contribution in [2.75, 3.05) is 6.61 Å². The summed E-state index contributed by atoms with van der Waals surface area (Å²) in [6.45, 7) is 2.64. The van der Waals surface area contributed by atoms with Crippen molar-refractivity contribution in [2.45, 2.75) is 32.0 Å². The number of carbonyl (C=O) groups is 1. The molecule has 0 aromatic heterocycles. The molecule has 0 N–H and O–H groups in total. The number of piperidine rings is 1. The summed E-state index contributed by atoms with van der Waals surface area (Å²) in [5.41, 5.74) is 1.18. The van der Waals surface area contributed by atoms with Gasteiger partial charge in [-0.3, -0.25) is 4.79 Å². The van der Waals surface area contributed by atoms with Crippen LogP contribution in [0.3, 0.4) is 0 Å². The first-order valence-corrected chi connectivity index (χ1v) is 6.26. The van der Waals surface area contributed by atoms with Gasteiger partial charge in [-0.15, -0.1) is 0 Å². The van der Waals surface area contributed by atoms with E-state index < -0.39 is 0 Å². The number of fused-ring (bicyclic) bond motifs is 1. The van der Waals surface area contributed by atoms with Crippen LogP contribution in [0.4, 0.5) is 0 Å². The normalized spacial score (nSPS) is 32.6. The zero-order valence-corrected chi connectivity index (χ0v) is 10.0. The van der Waals surface area contributed by atoms with Gasteiger partial charge in [-0.05, 0) is 18.4 Å². The van der Waals surface area contributed by atoms with Gasteiger partial charge in [-0.1, -0.05) is 37.3 Å². The average molecular weight is 231 g/mol. The van der Waals surface area contributed by atoms with Gasteiger partial charge in [-0.25, -0.2) is 0 Å². The van der Waals surface area contributed by atoms with Crippen molar-refractivity contribution in [3.05, 3.63) is 35.9 Å². The summed E-state index contributed by atoms with van der Waals surface area (Å²) in [5, 5.41) is 0. The van der Waals surface area contributed by atoms with Crippen molar-refractivity contribution < 1.29 is 9.53 Å². The van der Waals surface area contributed by atoms with Gasteiger partial charge in [0.1, 0.15) is 6.23 Å². The van der Waals surface area contributed by atoms with Crippen LogP contribution in [0.25, 0.3) is 0 Å². The molecule has 3 heteroatoms. The maximum absolute atomic E-state index is 12.2. The molecule has 0 bridgehead atoms. The lowest BCUT2D eigenvalue weighted by Gasteiger charge is -2.35. The highest BCUT2D eigenvalue weighted by Gasteiger charge is 2.43. The van der Waals surface area contributed by atoms with Crippen LogP contribution < -0.4 is 0 Å². The topological polar surface area (TPSA) is 29.5 Å². The van der Waals surface area contributed by atoms with E-state index in [4.69, 9.17) is 4.74 Å².